The van der Waals surface area contributed by atoms with E-state index in [0.717, 1.165) is 0 Å². The van der Waals surface area contributed by atoms with Gasteiger partial charge in [0.1, 0.15) is 23.5 Å². The molecule has 0 unspecified atom stereocenters. The van der Waals surface area contributed by atoms with Gasteiger partial charge >= 0.3 is 5.97 Å². The third-order valence-electron chi connectivity index (χ3n) is 3.54. The second-order valence-corrected chi connectivity index (χ2v) is 5.00. The number of ether oxygens (including phenoxy) is 1. The lowest BCUT2D eigenvalue weighted by Gasteiger charge is -2.27. The molecule has 0 bridgehead atoms. The van der Waals surface area contributed by atoms with Gasteiger partial charge in [-0.2, -0.15) is 0 Å². The van der Waals surface area contributed by atoms with Crippen LogP contribution in [0.5, 0.6) is 0 Å². The number of aromatic nitrogens is 4. The molecule has 1 fully saturated rings. The molecule has 112 valence electrons. The van der Waals surface area contributed by atoms with Crippen molar-refractivity contribution >= 4 is 23.0 Å². The molecule has 0 radical (unpaired) electrons. The van der Waals surface area contributed by atoms with Gasteiger partial charge in [0.15, 0.2) is 23.8 Å². The number of carboxylic acids is 1. The molecule has 0 spiro atoms. The fourth-order valence-corrected chi connectivity index (χ4v) is 2.39. The summed E-state index contributed by atoms with van der Waals surface area (Å²) in [5, 5.41) is 29.3. The van der Waals surface area contributed by atoms with E-state index in [-0.39, 0.29) is 11.5 Å². The Bertz CT molecular complexity index is 714. The fraction of sp³-hybridized carbons (Fsp3) is 0.455. The molecule has 21 heavy (non-hydrogen) atoms. The molecule has 10 heteroatoms. The SMILES string of the molecule is C[C@@]1(O)[C@H](O)[C@@H](C(=O)O)O[C@H]1n1cnc2c(N)ncnc21. The first-order valence-electron chi connectivity index (χ1n) is 6.05. The summed E-state index contributed by atoms with van der Waals surface area (Å²) in [6.07, 6.45) is -1.82. The van der Waals surface area contributed by atoms with E-state index < -0.39 is 30.0 Å². The lowest BCUT2D eigenvalue weighted by atomic mass is 9.96. The average molecular weight is 295 g/mol. The Balaban J connectivity index is 2.10. The van der Waals surface area contributed by atoms with E-state index in [1.807, 2.05) is 0 Å². The second-order valence-electron chi connectivity index (χ2n) is 5.00. The first-order chi connectivity index (χ1) is 9.84. The standard InChI is InChI=1S/C11H13N5O5/c1-11(20)6(17)5(9(18)19)21-10(11)16-3-15-4-7(12)13-2-14-8(4)16/h2-3,5-6,10,17,20H,1H3,(H,18,19)(H2,12,13,14)/t5-,6+,10+,11+/m0/s1. The number of nitrogen functional groups attached to an aromatic ring is 1. The van der Waals surface area contributed by atoms with E-state index in [0.29, 0.717) is 5.52 Å². The maximum absolute atomic E-state index is 11.1. The highest BCUT2D eigenvalue weighted by molar-refractivity contribution is 5.81. The number of imidazole rings is 1. The number of nitrogens with two attached hydrogens (primary N) is 1. The Kier molecular flexibility index (Phi) is 2.83. The molecule has 1 aliphatic heterocycles. The van der Waals surface area contributed by atoms with Gasteiger partial charge in [-0.05, 0) is 6.92 Å². The number of fused-ring (bicyclic) bond motifs is 1. The third kappa shape index (κ3) is 1.84. The zero-order chi connectivity index (χ0) is 15.4. The molecule has 0 aromatic carbocycles. The minimum Gasteiger partial charge on any atom is -0.479 e. The smallest absolute Gasteiger partial charge is 0.335 e. The average Bonchev–Trinajstić information content (AvgIpc) is 2.92. The Morgan fingerprint density at radius 2 is 2.19 bits per heavy atom. The lowest BCUT2D eigenvalue weighted by molar-refractivity contribution is -0.155. The van der Waals surface area contributed by atoms with Crippen molar-refractivity contribution in [3.05, 3.63) is 12.7 Å². The Labute approximate surface area is 117 Å². The molecule has 0 saturated carbocycles. The predicted octanol–water partition coefficient (Wildman–Crippen LogP) is -1.50. The van der Waals surface area contributed by atoms with Crippen molar-refractivity contribution in [2.24, 2.45) is 0 Å². The molecule has 3 rings (SSSR count). The topological polar surface area (TPSA) is 157 Å². The van der Waals surface area contributed by atoms with Crippen LogP contribution in [0.15, 0.2) is 12.7 Å². The number of aliphatic hydroxyl groups is 2. The number of rotatable bonds is 2. The molecule has 0 amide bonds. The number of aliphatic carboxylic acids is 1. The molecule has 5 N–H and O–H groups in total. The van der Waals surface area contributed by atoms with Crippen LogP contribution in [-0.4, -0.2) is 58.6 Å². The van der Waals surface area contributed by atoms with Crippen LogP contribution in [0.2, 0.25) is 0 Å². The molecular weight excluding hydrogens is 282 g/mol. The molecule has 10 nitrogen and oxygen atoms in total. The van der Waals surface area contributed by atoms with Crippen LogP contribution in [0.4, 0.5) is 5.82 Å². The molecule has 2 aromatic heterocycles. The van der Waals surface area contributed by atoms with Gasteiger partial charge in [0.2, 0.25) is 0 Å². The molecule has 1 saturated heterocycles. The summed E-state index contributed by atoms with van der Waals surface area (Å²) >= 11 is 0. The van der Waals surface area contributed by atoms with Crippen molar-refractivity contribution < 1.29 is 24.9 Å². The zero-order valence-electron chi connectivity index (χ0n) is 10.9. The van der Waals surface area contributed by atoms with Gasteiger partial charge in [0.05, 0.1) is 6.33 Å². The quantitative estimate of drug-likeness (QED) is 0.517. The molecule has 0 aliphatic carbocycles. The molecule has 3 heterocycles. The van der Waals surface area contributed by atoms with Crippen LogP contribution in [0.1, 0.15) is 13.2 Å². The zero-order valence-corrected chi connectivity index (χ0v) is 10.9. The Morgan fingerprint density at radius 3 is 2.81 bits per heavy atom. The van der Waals surface area contributed by atoms with E-state index in [1.165, 1.54) is 24.1 Å². The minimum atomic E-state index is -1.84. The van der Waals surface area contributed by atoms with Crippen molar-refractivity contribution in [2.45, 2.75) is 31.0 Å². The van der Waals surface area contributed by atoms with E-state index in [4.69, 9.17) is 15.6 Å². The maximum Gasteiger partial charge on any atom is 0.335 e. The van der Waals surface area contributed by atoms with Gasteiger partial charge in [-0.15, -0.1) is 0 Å². The van der Waals surface area contributed by atoms with Gasteiger partial charge in [-0.1, -0.05) is 0 Å². The van der Waals surface area contributed by atoms with Gasteiger partial charge < -0.3 is 25.8 Å². The number of hydrogen-bond donors (Lipinski definition) is 4. The summed E-state index contributed by atoms with van der Waals surface area (Å²) in [5.41, 5.74) is 4.39. The van der Waals surface area contributed by atoms with Crippen LogP contribution in [-0.2, 0) is 9.53 Å². The summed E-state index contributed by atoms with van der Waals surface area (Å²) in [4.78, 5) is 22.9. The van der Waals surface area contributed by atoms with Crippen molar-refractivity contribution in [1.82, 2.24) is 19.5 Å². The Morgan fingerprint density at radius 1 is 1.48 bits per heavy atom. The van der Waals surface area contributed by atoms with E-state index in [1.54, 1.807) is 0 Å². The largest absolute Gasteiger partial charge is 0.479 e. The highest BCUT2D eigenvalue weighted by atomic mass is 16.6. The second kappa shape index (κ2) is 4.35. The van der Waals surface area contributed by atoms with Gasteiger partial charge in [0.25, 0.3) is 0 Å². The summed E-state index contributed by atoms with van der Waals surface area (Å²) in [5.74, 6) is -1.23. The maximum atomic E-state index is 11.1. The van der Waals surface area contributed by atoms with Gasteiger partial charge in [-0.25, -0.2) is 19.7 Å². The van der Waals surface area contributed by atoms with Crippen molar-refractivity contribution in [2.75, 3.05) is 5.73 Å². The van der Waals surface area contributed by atoms with Crippen molar-refractivity contribution in [3.63, 3.8) is 0 Å². The summed E-state index contributed by atoms with van der Waals surface area (Å²) in [6.45, 7) is 1.28. The van der Waals surface area contributed by atoms with Crippen LogP contribution in [0, 0.1) is 0 Å². The normalized spacial score (nSPS) is 32.6. The highest BCUT2D eigenvalue weighted by Gasteiger charge is 2.56. The number of nitrogens with zero attached hydrogens (tertiary/aromatic N) is 4. The summed E-state index contributed by atoms with van der Waals surface area (Å²) in [6, 6.07) is 0. The lowest BCUT2D eigenvalue weighted by Crippen LogP contribution is -2.45. The van der Waals surface area contributed by atoms with E-state index in [9.17, 15) is 15.0 Å². The van der Waals surface area contributed by atoms with Gasteiger partial charge in [-0.3, -0.25) is 4.57 Å². The number of carboxylic acid groups (broad SMARTS) is 1. The minimum absolute atomic E-state index is 0.145. The fourth-order valence-electron chi connectivity index (χ4n) is 2.39. The van der Waals surface area contributed by atoms with Crippen LogP contribution in [0.25, 0.3) is 11.2 Å². The molecular formula is C11H13N5O5. The summed E-state index contributed by atoms with van der Waals surface area (Å²) < 4.78 is 6.58. The number of aliphatic hydroxyl groups excluding tert-OH is 1. The van der Waals surface area contributed by atoms with Crippen LogP contribution < -0.4 is 5.73 Å². The van der Waals surface area contributed by atoms with Gasteiger partial charge in [0, 0.05) is 0 Å². The van der Waals surface area contributed by atoms with E-state index >= 15 is 0 Å². The van der Waals surface area contributed by atoms with Crippen molar-refractivity contribution in [1.29, 1.82) is 0 Å². The van der Waals surface area contributed by atoms with E-state index in [2.05, 4.69) is 15.0 Å². The third-order valence-corrected chi connectivity index (χ3v) is 3.54. The molecule has 4 atom stereocenters. The van der Waals surface area contributed by atoms with Crippen LogP contribution in [0.3, 0.4) is 0 Å². The predicted molar refractivity (Wildman–Crippen MR) is 67.9 cm³/mol. The first-order valence-corrected chi connectivity index (χ1v) is 6.05. The Hall–Kier alpha value is -2.30. The highest BCUT2D eigenvalue weighted by Crippen LogP contribution is 2.39. The number of anilines is 1. The monoisotopic (exact) mass is 295 g/mol. The van der Waals surface area contributed by atoms with Crippen LogP contribution >= 0.6 is 0 Å². The van der Waals surface area contributed by atoms with Crippen molar-refractivity contribution in [3.8, 4) is 0 Å². The molecule has 2 aromatic rings. The number of carbonyl (C=O) groups is 1. The number of hydrogen-bond acceptors (Lipinski definition) is 8. The first kappa shape index (κ1) is 13.7. The molecule has 1 aliphatic rings. The summed E-state index contributed by atoms with van der Waals surface area (Å²) in [7, 11) is 0.